The molecule has 1 fully saturated rings. The number of aliphatic hydroxyl groups excluding tert-OH is 1. The van der Waals surface area contributed by atoms with E-state index in [0.717, 1.165) is 41.1 Å². The van der Waals surface area contributed by atoms with E-state index in [2.05, 4.69) is 5.10 Å². The molecule has 1 aromatic heterocycles. The van der Waals surface area contributed by atoms with Gasteiger partial charge in [0, 0.05) is 19.1 Å². The first-order chi connectivity index (χ1) is 15.7. The van der Waals surface area contributed by atoms with Crippen molar-refractivity contribution < 1.29 is 19.7 Å². The minimum atomic E-state index is -1.05. The van der Waals surface area contributed by atoms with Crippen LogP contribution >= 0.6 is 11.6 Å². The summed E-state index contributed by atoms with van der Waals surface area (Å²) in [7, 11) is 1.40. The van der Waals surface area contributed by atoms with Gasteiger partial charge in [-0.15, -0.1) is 0 Å². The van der Waals surface area contributed by atoms with Crippen LogP contribution in [0.15, 0.2) is 34.0 Å². The number of ketones is 1. The van der Waals surface area contributed by atoms with Crippen molar-refractivity contribution in [3.05, 3.63) is 55.8 Å². The van der Waals surface area contributed by atoms with E-state index in [9.17, 15) is 24.6 Å². The number of ether oxygens (including phenoxy) is 1. The number of Topliss-reactive ketones (excluding diaryl/α,β-unsaturated/α-hetero) is 1. The van der Waals surface area contributed by atoms with E-state index in [0.29, 0.717) is 19.3 Å². The largest absolute Gasteiger partial charge is 0.390 e. The maximum absolute atomic E-state index is 12.9. The van der Waals surface area contributed by atoms with Crippen LogP contribution in [0.4, 0.5) is 0 Å². The van der Waals surface area contributed by atoms with Crippen molar-refractivity contribution in [1.82, 2.24) is 14.3 Å². The summed E-state index contributed by atoms with van der Waals surface area (Å²) >= 11 is 6.27. The van der Waals surface area contributed by atoms with Crippen LogP contribution < -0.4 is 11.2 Å². The van der Waals surface area contributed by atoms with Gasteiger partial charge in [-0.05, 0) is 37.5 Å². The predicted octanol–water partition coefficient (Wildman–Crippen LogP) is 2.10. The molecule has 1 aliphatic rings. The van der Waals surface area contributed by atoms with E-state index in [4.69, 9.17) is 16.3 Å². The Balaban J connectivity index is 1.84. The lowest BCUT2D eigenvalue weighted by Crippen LogP contribution is -2.43. The molecule has 0 bridgehead atoms. The Bertz CT molecular complexity index is 1090. The molecule has 180 valence electrons. The summed E-state index contributed by atoms with van der Waals surface area (Å²) < 4.78 is 6.68. The van der Waals surface area contributed by atoms with Crippen molar-refractivity contribution in [3.8, 4) is 5.69 Å². The lowest BCUT2D eigenvalue weighted by atomic mass is 9.88. The first-order valence-electron chi connectivity index (χ1n) is 11.2. The Kier molecular flexibility index (Phi) is 8.58. The summed E-state index contributed by atoms with van der Waals surface area (Å²) in [6, 6.07) is 4.47. The normalized spacial score (nSPS) is 16.8. The second kappa shape index (κ2) is 11.2. The summed E-state index contributed by atoms with van der Waals surface area (Å²) in [5.41, 5.74) is -1.78. The summed E-state index contributed by atoms with van der Waals surface area (Å²) in [5.74, 6) is -0.239. The molecule has 33 heavy (non-hydrogen) atoms. The second-order valence-electron chi connectivity index (χ2n) is 8.62. The SMILES string of the molecule is COC[C@H](O)Cn1c(=O)cnn(-c2ccc(Cl)c(C(=O)CCC3(O)CCCCCC3)c2)c1=O. The van der Waals surface area contributed by atoms with Crippen LogP contribution in [0.2, 0.25) is 5.02 Å². The van der Waals surface area contributed by atoms with Gasteiger partial charge < -0.3 is 14.9 Å². The third-order valence-electron chi connectivity index (χ3n) is 6.06. The van der Waals surface area contributed by atoms with Crippen molar-refractivity contribution in [3.63, 3.8) is 0 Å². The average molecular weight is 480 g/mol. The van der Waals surface area contributed by atoms with Crippen LogP contribution in [0.5, 0.6) is 0 Å². The third kappa shape index (κ3) is 6.38. The highest BCUT2D eigenvalue weighted by atomic mass is 35.5. The molecule has 0 unspecified atom stereocenters. The number of aliphatic hydroxyl groups is 2. The summed E-state index contributed by atoms with van der Waals surface area (Å²) in [6.07, 6.45) is 5.86. The summed E-state index contributed by atoms with van der Waals surface area (Å²) in [5, 5.41) is 24.9. The molecule has 1 aliphatic carbocycles. The molecule has 0 spiro atoms. The van der Waals surface area contributed by atoms with Gasteiger partial charge in [0.15, 0.2) is 5.78 Å². The lowest BCUT2D eigenvalue weighted by Gasteiger charge is -2.26. The molecule has 0 amide bonds. The van der Waals surface area contributed by atoms with Crippen molar-refractivity contribution in [2.45, 2.75) is 69.6 Å². The first kappa shape index (κ1) is 25.3. The number of benzene rings is 1. The van der Waals surface area contributed by atoms with E-state index in [-0.39, 0.29) is 41.6 Å². The fraction of sp³-hybridized carbons (Fsp3) is 0.565. The molecule has 0 radical (unpaired) electrons. The van der Waals surface area contributed by atoms with E-state index in [1.165, 1.54) is 25.3 Å². The summed E-state index contributed by atoms with van der Waals surface area (Å²) in [4.78, 5) is 37.9. The smallest absolute Gasteiger partial charge is 0.352 e. The fourth-order valence-electron chi connectivity index (χ4n) is 4.21. The number of halogens is 1. The highest BCUT2D eigenvalue weighted by molar-refractivity contribution is 6.34. The zero-order valence-corrected chi connectivity index (χ0v) is 19.5. The van der Waals surface area contributed by atoms with Gasteiger partial charge in [-0.2, -0.15) is 9.78 Å². The number of aromatic nitrogens is 3. The molecule has 1 aromatic carbocycles. The maximum Gasteiger partial charge on any atom is 0.352 e. The van der Waals surface area contributed by atoms with Gasteiger partial charge in [-0.3, -0.25) is 14.2 Å². The van der Waals surface area contributed by atoms with Crippen molar-refractivity contribution in [1.29, 1.82) is 0 Å². The van der Waals surface area contributed by atoms with Gasteiger partial charge >= 0.3 is 5.69 Å². The Hall–Kier alpha value is -2.33. The predicted molar refractivity (Wildman–Crippen MR) is 123 cm³/mol. The van der Waals surface area contributed by atoms with Gasteiger partial charge in [0.05, 0.1) is 35.6 Å². The van der Waals surface area contributed by atoms with E-state index < -0.39 is 23.0 Å². The Morgan fingerprint density at radius 3 is 2.61 bits per heavy atom. The van der Waals surface area contributed by atoms with Crippen LogP contribution in [-0.2, 0) is 11.3 Å². The second-order valence-corrected chi connectivity index (χ2v) is 9.03. The van der Waals surface area contributed by atoms with Crippen LogP contribution in [0.25, 0.3) is 5.69 Å². The molecule has 1 saturated carbocycles. The van der Waals surface area contributed by atoms with Crippen LogP contribution in [0.1, 0.15) is 61.7 Å². The Morgan fingerprint density at radius 1 is 1.24 bits per heavy atom. The molecular formula is C23H30ClN3O6. The molecule has 2 N–H and O–H groups in total. The molecule has 1 atom stereocenters. The number of carbonyl (C=O) groups is 1. The van der Waals surface area contributed by atoms with Crippen LogP contribution in [-0.4, -0.2) is 55.8 Å². The first-order valence-corrected chi connectivity index (χ1v) is 11.5. The fourth-order valence-corrected chi connectivity index (χ4v) is 4.43. The van der Waals surface area contributed by atoms with E-state index in [1.807, 2.05) is 0 Å². The van der Waals surface area contributed by atoms with Crippen molar-refractivity contribution in [2.75, 3.05) is 13.7 Å². The molecule has 0 aliphatic heterocycles. The van der Waals surface area contributed by atoms with Gasteiger partial charge in [0.2, 0.25) is 0 Å². The number of hydrogen-bond donors (Lipinski definition) is 2. The summed E-state index contributed by atoms with van der Waals surface area (Å²) in [6.45, 7) is -0.299. The molecule has 2 aromatic rings. The minimum absolute atomic E-state index is 0.0415. The van der Waals surface area contributed by atoms with Crippen molar-refractivity contribution in [2.24, 2.45) is 0 Å². The monoisotopic (exact) mass is 479 g/mol. The quantitative estimate of drug-likeness (QED) is 0.417. The van der Waals surface area contributed by atoms with E-state index >= 15 is 0 Å². The van der Waals surface area contributed by atoms with Crippen molar-refractivity contribution >= 4 is 17.4 Å². The van der Waals surface area contributed by atoms with Gasteiger partial charge in [0.25, 0.3) is 5.56 Å². The lowest BCUT2D eigenvalue weighted by molar-refractivity contribution is 0.0148. The number of methoxy groups -OCH3 is 1. The Morgan fingerprint density at radius 2 is 1.94 bits per heavy atom. The van der Waals surface area contributed by atoms with Crippen LogP contribution in [0, 0.1) is 0 Å². The number of nitrogens with zero attached hydrogens (tertiary/aromatic N) is 3. The third-order valence-corrected chi connectivity index (χ3v) is 6.39. The van der Waals surface area contributed by atoms with Gasteiger partial charge in [0.1, 0.15) is 6.20 Å². The molecule has 10 heteroatoms. The molecule has 9 nitrogen and oxygen atoms in total. The average Bonchev–Trinajstić information content (AvgIpc) is 3.01. The molecular weight excluding hydrogens is 450 g/mol. The standard InChI is InChI=1S/C23H30ClN3O6/c1-33-15-17(28)14-26-21(30)13-25-27(22(26)31)16-6-7-19(24)18(12-16)20(29)8-11-23(32)9-4-2-3-5-10-23/h6-7,12-13,17,28,32H,2-5,8-11,14-15H2,1H3/t17-/m1/s1. The van der Waals surface area contributed by atoms with Gasteiger partial charge in [-0.1, -0.05) is 37.3 Å². The molecule has 3 rings (SSSR count). The maximum atomic E-state index is 12.9. The highest BCUT2D eigenvalue weighted by Gasteiger charge is 2.29. The van der Waals surface area contributed by atoms with Crippen LogP contribution in [0.3, 0.4) is 0 Å². The number of rotatable bonds is 9. The molecule has 1 heterocycles. The number of carbonyl (C=O) groups excluding carboxylic acids is 1. The zero-order chi connectivity index (χ0) is 24.0. The Labute approximate surface area is 196 Å². The number of hydrogen-bond acceptors (Lipinski definition) is 7. The minimum Gasteiger partial charge on any atom is -0.390 e. The highest BCUT2D eigenvalue weighted by Crippen LogP contribution is 2.32. The van der Waals surface area contributed by atoms with Gasteiger partial charge in [-0.25, -0.2) is 4.79 Å². The molecule has 0 saturated heterocycles. The van der Waals surface area contributed by atoms with E-state index in [1.54, 1.807) is 0 Å². The topological polar surface area (TPSA) is 124 Å². The zero-order valence-electron chi connectivity index (χ0n) is 18.7.